The van der Waals surface area contributed by atoms with E-state index in [1.54, 1.807) is 11.5 Å². The first-order chi connectivity index (χ1) is 16.1. The second-order valence-electron chi connectivity index (χ2n) is 7.24. The van der Waals surface area contributed by atoms with Crippen LogP contribution in [0.25, 0.3) is 0 Å². The molecule has 0 bridgehead atoms. The number of hydrogen-bond acceptors (Lipinski definition) is 6. The SMILES string of the molecule is C\C=C(NS(=O)(=O)c1ccc(Cl)c(C(F)(F)F)c1)/C(=N\C=C\Cl)c1nncn1C1CCNCC1. The standard InChI is InChI=1S/C20H21Cl2F3N6O2S/c1-2-17(30-34(32,33)14-3-4-16(22)15(11-14)20(23,24)25)18(27-10-7-21)19-29-28-12-31(19)13-5-8-26-9-6-13/h2-4,7,10-13,26,30H,5-6,8-9H2,1H3/b10-7+,17-2+,27-18+. The third kappa shape index (κ3) is 5.98. The largest absolute Gasteiger partial charge is 0.417 e. The van der Waals surface area contributed by atoms with Gasteiger partial charge in [-0.1, -0.05) is 29.3 Å². The van der Waals surface area contributed by atoms with Gasteiger partial charge in [0.1, 0.15) is 12.0 Å². The van der Waals surface area contributed by atoms with E-state index in [1.165, 1.54) is 18.6 Å². The van der Waals surface area contributed by atoms with E-state index in [9.17, 15) is 21.6 Å². The number of benzene rings is 1. The molecule has 0 atom stereocenters. The molecule has 0 radical (unpaired) electrons. The number of aromatic nitrogens is 3. The Kier molecular flexibility index (Phi) is 8.39. The van der Waals surface area contributed by atoms with Crippen molar-refractivity contribution in [1.29, 1.82) is 0 Å². The van der Waals surface area contributed by atoms with Crippen LogP contribution in [0.15, 0.2) is 57.9 Å². The van der Waals surface area contributed by atoms with Gasteiger partial charge in [-0.2, -0.15) is 13.2 Å². The summed E-state index contributed by atoms with van der Waals surface area (Å²) in [5.74, 6) is 0.282. The highest BCUT2D eigenvalue weighted by molar-refractivity contribution is 7.89. The van der Waals surface area contributed by atoms with Crippen LogP contribution in [-0.2, 0) is 16.2 Å². The summed E-state index contributed by atoms with van der Waals surface area (Å²) in [6.45, 7) is 3.13. The molecule has 1 aromatic heterocycles. The maximum absolute atomic E-state index is 13.2. The molecule has 184 valence electrons. The summed E-state index contributed by atoms with van der Waals surface area (Å²) in [6.07, 6.45) is 0.953. The number of rotatable bonds is 7. The first-order valence-corrected chi connectivity index (χ1v) is 12.4. The van der Waals surface area contributed by atoms with E-state index in [1.807, 2.05) is 0 Å². The van der Waals surface area contributed by atoms with Gasteiger partial charge in [0.2, 0.25) is 0 Å². The van der Waals surface area contributed by atoms with Crippen molar-refractivity contribution in [2.24, 2.45) is 4.99 Å². The Bertz CT molecular complexity index is 1220. The molecule has 1 aliphatic heterocycles. The lowest BCUT2D eigenvalue weighted by molar-refractivity contribution is -0.137. The van der Waals surface area contributed by atoms with Crippen molar-refractivity contribution >= 4 is 38.9 Å². The number of halogens is 5. The van der Waals surface area contributed by atoms with Crippen molar-refractivity contribution in [2.45, 2.75) is 36.9 Å². The summed E-state index contributed by atoms with van der Waals surface area (Å²) in [4.78, 5) is 3.61. The zero-order valence-corrected chi connectivity index (χ0v) is 20.2. The predicted molar refractivity (Wildman–Crippen MR) is 123 cm³/mol. The molecule has 2 heterocycles. The van der Waals surface area contributed by atoms with Crippen LogP contribution in [0.5, 0.6) is 0 Å². The monoisotopic (exact) mass is 536 g/mol. The minimum absolute atomic E-state index is 0.0125. The summed E-state index contributed by atoms with van der Waals surface area (Å²) in [5, 5.41) is 10.7. The summed E-state index contributed by atoms with van der Waals surface area (Å²) in [6, 6.07) is 2.40. The molecule has 0 unspecified atom stereocenters. The molecule has 14 heteroatoms. The molecule has 3 rings (SSSR count). The number of nitrogens with zero attached hydrogens (tertiary/aromatic N) is 4. The molecule has 2 aromatic rings. The van der Waals surface area contributed by atoms with Gasteiger partial charge in [-0.15, -0.1) is 10.2 Å². The maximum atomic E-state index is 13.2. The smallest absolute Gasteiger partial charge is 0.317 e. The average molecular weight is 537 g/mol. The van der Waals surface area contributed by atoms with Gasteiger partial charge in [0.05, 0.1) is 21.2 Å². The second kappa shape index (κ2) is 10.9. The van der Waals surface area contributed by atoms with Crippen molar-refractivity contribution in [3.63, 3.8) is 0 Å². The number of sulfonamides is 1. The van der Waals surface area contributed by atoms with Gasteiger partial charge in [0.25, 0.3) is 10.0 Å². The van der Waals surface area contributed by atoms with Gasteiger partial charge in [0.15, 0.2) is 5.82 Å². The van der Waals surface area contributed by atoms with E-state index in [4.69, 9.17) is 23.2 Å². The van der Waals surface area contributed by atoms with Crippen LogP contribution in [0.4, 0.5) is 13.2 Å². The Morgan fingerprint density at radius 1 is 1.32 bits per heavy atom. The molecule has 1 saturated heterocycles. The summed E-state index contributed by atoms with van der Waals surface area (Å²) in [7, 11) is -4.45. The molecule has 1 fully saturated rings. The highest BCUT2D eigenvalue weighted by Crippen LogP contribution is 2.36. The van der Waals surface area contributed by atoms with Gasteiger partial charge >= 0.3 is 6.18 Å². The van der Waals surface area contributed by atoms with Gasteiger partial charge in [-0.05, 0) is 51.1 Å². The van der Waals surface area contributed by atoms with Crippen molar-refractivity contribution in [3.8, 4) is 0 Å². The van der Waals surface area contributed by atoms with E-state index >= 15 is 0 Å². The van der Waals surface area contributed by atoms with E-state index < -0.39 is 31.7 Å². The number of allylic oxidation sites excluding steroid dienone is 2. The Morgan fingerprint density at radius 3 is 2.65 bits per heavy atom. The number of nitrogens with one attached hydrogen (secondary N) is 2. The highest BCUT2D eigenvalue weighted by Gasteiger charge is 2.35. The van der Waals surface area contributed by atoms with Crippen LogP contribution in [0, 0.1) is 0 Å². The summed E-state index contributed by atoms with van der Waals surface area (Å²) >= 11 is 11.3. The Morgan fingerprint density at radius 2 is 2.03 bits per heavy atom. The lowest BCUT2D eigenvalue weighted by Crippen LogP contribution is -2.33. The van der Waals surface area contributed by atoms with Crippen molar-refractivity contribution in [2.75, 3.05) is 13.1 Å². The van der Waals surface area contributed by atoms with Crippen LogP contribution >= 0.6 is 23.2 Å². The van der Waals surface area contributed by atoms with E-state index in [0.717, 1.165) is 43.6 Å². The molecular weight excluding hydrogens is 516 g/mol. The molecule has 1 aliphatic rings. The number of aliphatic imine (C=N–C) groups is 1. The molecule has 0 spiro atoms. The minimum atomic E-state index is -4.82. The molecule has 0 amide bonds. The summed E-state index contributed by atoms with van der Waals surface area (Å²) < 4.78 is 69.9. The van der Waals surface area contributed by atoms with Crippen LogP contribution in [-0.4, -0.2) is 42.0 Å². The van der Waals surface area contributed by atoms with E-state index in [2.05, 4.69) is 25.2 Å². The van der Waals surface area contributed by atoms with Gasteiger partial charge in [-0.25, -0.2) is 13.4 Å². The third-order valence-corrected chi connectivity index (χ3v) is 6.89. The van der Waals surface area contributed by atoms with Crippen LogP contribution < -0.4 is 10.0 Å². The molecule has 0 aliphatic carbocycles. The molecular formula is C20H21Cl2F3N6O2S. The van der Waals surface area contributed by atoms with Crippen molar-refractivity contribution in [3.05, 3.63) is 64.4 Å². The molecule has 34 heavy (non-hydrogen) atoms. The van der Waals surface area contributed by atoms with Gasteiger partial charge < -0.3 is 9.88 Å². The van der Waals surface area contributed by atoms with Gasteiger partial charge in [0, 0.05) is 17.8 Å². The second-order valence-corrected chi connectivity index (χ2v) is 9.58. The number of alkyl halides is 3. The maximum Gasteiger partial charge on any atom is 0.417 e. The van der Waals surface area contributed by atoms with Crippen LogP contribution in [0.3, 0.4) is 0 Å². The minimum Gasteiger partial charge on any atom is -0.317 e. The van der Waals surface area contributed by atoms with Crippen LogP contribution in [0.1, 0.15) is 37.2 Å². The van der Waals surface area contributed by atoms with Crippen LogP contribution in [0.2, 0.25) is 5.02 Å². The molecule has 0 saturated carbocycles. The van der Waals surface area contributed by atoms with Gasteiger partial charge in [-0.3, -0.25) is 4.72 Å². The third-order valence-electron chi connectivity index (χ3n) is 5.09. The van der Waals surface area contributed by atoms with E-state index in [-0.39, 0.29) is 23.3 Å². The zero-order chi connectivity index (χ0) is 24.9. The number of piperidine rings is 1. The first kappa shape index (κ1) is 26.2. The lowest BCUT2D eigenvalue weighted by Gasteiger charge is -2.25. The van der Waals surface area contributed by atoms with Crippen molar-refractivity contribution in [1.82, 2.24) is 24.8 Å². The Hall–Kier alpha value is -2.41. The average Bonchev–Trinajstić information content (AvgIpc) is 3.28. The lowest BCUT2D eigenvalue weighted by atomic mass is 10.1. The normalized spacial score (nSPS) is 16.9. The zero-order valence-electron chi connectivity index (χ0n) is 17.9. The Labute approximate surface area is 204 Å². The fourth-order valence-corrected chi connectivity index (χ4v) is 4.87. The quantitative estimate of drug-likeness (QED) is 0.515. The molecule has 1 aromatic carbocycles. The number of hydrogen-bond donors (Lipinski definition) is 2. The summed E-state index contributed by atoms with van der Waals surface area (Å²) in [5.41, 5.74) is -0.0453. The fraction of sp³-hybridized carbons (Fsp3) is 0.350. The fourth-order valence-electron chi connectivity index (χ4n) is 3.45. The predicted octanol–water partition coefficient (Wildman–Crippen LogP) is 4.26. The first-order valence-electron chi connectivity index (χ1n) is 10.1. The van der Waals surface area contributed by atoms with E-state index in [0.29, 0.717) is 6.07 Å². The van der Waals surface area contributed by atoms with Crippen molar-refractivity contribution < 1.29 is 21.6 Å². The molecule has 8 nitrogen and oxygen atoms in total. The molecule has 2 N–H and O–H groups in total. The topological polar surface area (TPSA) is 101 Å². The Balaban J connectivity index is 2.00. The highest BCUT2D eigenvalue weighted by atomic mass is 35.5.